The highest BCUT2D eigenvalue weighted by atomic mass is 16.7. The van der Waals surface area contributed by atoms with Crippen LogP contribution >= 0.6 is 0 Å². The Bertz CT molecular complexity index is 957. The fraction of sp³-hybridized carbons (Fsp3) is 0.739. The molecule has 2 bridgehead atoms. The Kier molecular flexibility index (Phi) is 6.03. The number of rotatable bonds is 6. The van der Waals surface area contributed by atoms with Gasteiger partial charge in [-0.15, -0.1) is 0 Å². The number of hydrogen-bond acceptors (Lipinski definition) is 8. The lowest BCUT2D eigenvalue weighted by Gasteiger charge is -2.35. The minimum Gasteiger partial charge on any atom is -0.458 e. The molecule has 1 saturated carbocycles. The lowest BCUT2D eigenvalue weighted by Crippen LogP contribution is -2.43. The molecule has 0 unspecified atom stereocenters. The van der Waals surface area contributed by atoms with E-state index in [-0.39, 0.29) is 36.7 Å². The molecule has 1 aliphatic carbocycles. The summed E-state index contributed by atoms with van der Waals surface area (Å²) in [6.07, 6.45) is 2.15. The van der Waals surface area contributed by atoms with Crippen LogP contribution in [0, 0.1) is 5.41 Å². The van der Waals surface area contributed by atoms with E-state index in [0.29, 0.717) is 18.0 Å². The molecule has 3 heterocycles. The smallest absolute Gasteiger partial charge is 0.408 e. The van der Waals surface area contributed by atoms with Crippen LogP contribution in [-0.2, 0) is 25.7 Å². The molecule has 34 heavy (non-hydrogen) atoms. The fourth-order valence-electron chi connectivity index (χ4n) is 4.58. The van der Waals surface area contributed by atoms with Crippen LogP contribution in [0.15, 0.2) is 10.6 Å². The van der Waals surface area contributed by atoms with Crippen LogP contribution in [0.2, 0.25) is 0 Å². The van der Waals surface area contributed by atoms with Gasteiger partial charge in [0.15, 0.2) is 12.4 Å². The maximum atomic E-state index is 13.2. The zero-order chi connectivity index (χ0) is 24.9. The molecule has 2 atom stereocenters. The molecule has 1 aromatic rings. The lowest BCUT2D eigenvalue weighted by molar-refractivity contribution is -0.185. The minimum absolute atomic E-state index is 0.0604. The van der Waals surface area contributed by atoms with Crippen LogP contribution in [0.3, 0.4) is 0 Å². The highest BCUT2D eigenvalue weighted by Gasteiger charge is 2.63. The molecule has 11 heteroatoms. The summed E-state index contributed by atoms with van der Waals surface area (Å²) < 4.78 is 15.9. The van der Waals surface area contributed by atoms with Crippen LogP contribution in [0.25, 0.3) is 0 Å². The molecule has 2 aliphatic heterocycles. The number of hydroxylamine groups is 2. The summed E-state index contributed by atoms with van der Waals surface area (Å²) >= 11 is 0. The zero-order valence-corrected chi connectivity index (χ0v) is 20.7. The summed E-state index contributed by atoms with van der Waals surface area (Å²) in [5.41, 5.74) is -0.648. The number of aromatic nitrogens is 1. The third-order valence-corrected chi connectivity index (χ3v) is 6.13. The van der Waals surface area contributed by atoms with Gasteiger partial charge in [0.2, 0.25) is 0 Å². The molecule has 3 amide bonds. The van der Waals surface area contributed by atoms with Crippen molar-refractivity contribution in [1.29, 1.82) is 0 Å². The van der Waals surface area contributed by atoms with Crippen molar-refractivity contribution in [3.63, 3.8) is 0 Å². The van der Waals surface area contributed by atoms with Crippen molar-refractivity contribution in [2.24, 2.45) is 5.41 Å². The van der Waals surface area contributed by atoms with E-state index in [2.05, 4.69) is 10.5 Å². The van der Waals surface area contributed by atoms with Gasteiger partial charge in [-0.2, -0.15) is 5.06 Å². The standard InChI is InChI=1S/C23H34N4O7/c1-21(2,3)32-18(28)13-31-27-17-12-26(20(27)30)16(10-23(17)7-8-23)15-9-14(34-25-15)11-24-19(29)33-22(4,5)6/h9,16-17H,7-8,10-13H2,1-6H3,(H,24,29)/t16-,17+/m0/s1. The van der Waals surface area contributed by atoms with E-state index >= 15 is 0 Å². The second kappa shape index (κ2) is 8.44. The molecular formula is C23H34N4O7. The average molecular weight is 479 g/mol. The Hall–Kier alpha value is -2.82. The van der Waals surface area contributed by atoms with E-state index in [1.54, 1.807) is 52.5 Å². The maximum Gasteiger partial charge on any atom is 0.408 e. The predicted molar refractivity (Wildman–Crippen MR) is 118 cm³/mol. The summed E-state index contributed by atoms with van der Waals surface area (Å²) in [4.78, 5) is 44.6. The van der Waals surface area contributed by atoms with Crippen molar-refractivity contribution in [2.75, 3.05) is 13.2 Å². The number of carbonyl (C=O) groups excluding carboxylic acids is 3. The van der Waals surface area contributed by atoms with Gasteiger partial charge in [-0.1, -0.05) is 5.16 Å². The van der Waals surface area contributed by atoms with Gasteiger partial charge in [0.25, 0.3) is 0 Å². The third kappa shape index (κ3) is 5.29. The second-order valence-electron chi connectivity index (χ2n) is 11.3. The van der Waals surface area contributed by atoms with Gasteiger partial charge in [-0.25, -0.2) is 14.4 Å². The molecule has 0 aromatic carbocycles. The van der Waals surface area contributed by atoms with Crippen molar-refractivity contribution in [3.8, 4) is 0 Å². The second-order valence-corrected chi connectivity index (χ2v) is 11.3. The van der Waals surface area contributed by atoms with Gasteiger partial charge < -0.3 is 24.2 Å². The van der Waals surface area contributed by atoms with Crippen molar-refractivity contribution < 1.29 is 33.2 Å². The quantitative estimate of drug-likeness (QED) is 0.618. The predicted octanol–water partition coefficient (Wildman–Crippen LogP) is 3.30. The van der Waals surface area contributed by atoms with Crippen molar-refractivity contribution in [2.45, 2.75) is 90.6 Å². The van der Waals surface area contributed by atoms with E-state index in [9.17, 15) is 14.4 Å². The number of alkyl carbamates (subject to hydrolysis) is 1. The highest BCUT2D eigenvalue weighted by molar-refractivity contribution is 5.78. The number of esters is 1. The largest absolute Gasteiger partial charge is 0.458 e. The van der Waals surface area contributed by atoms with Crippen LogP contribution < -0.4 is 5.32 Å². The number of piperidine rings is 1. The number of urea groups is 1. The number of nitrogens with zero attached hydrogens (tertiary/aromatic N) is 3. The van der Waals surface area contributed by atoms with Crippen molar-refractivity contribution >= 4 is 18.1 Å². The Morgan fingerprint density at radius 1 is 1.18 bits per heavy atom. The number of hydrogen-bond donors (Lipinski definition) is 1. The molecule has 2 saturated heterocycles. The molecule has 1 aromatic heterocycles. The molecule has 188 valence electrons. The fourth-order valence-corrected chi connectivity index (χ4v) is 4.58. The average Bonchev–Trinajstić information content (AvgIpc) is 3.18. The molecule has 1 spiro atoms. The maximum absolute atomic E-state index is 13.2. The van der Waals surface area contributed by atoms with Crippen molar-refractivity contribution in [3.05, 3.63) is 17.5 Å². The number of carbonyl (C=O) groups is 3. The summed E-state index contributed by atoms with van der Waals surface area (Å²) in [5, 5.41) is 8.18. The first-order valence-electron chi connectivity index (χ1n) is 11.6. The number of amides is 3. The Morgan fingerprint density at radius 3 is 2.47 bits per heavy atom. The number of nitrogens with one attached hydrogen (secondary N) is 1. The van der Waals surface area contributed by atoms with E-state index in [4.69, 9.17) is 18.8 Å². The topological polar surface area (TPSA) is 123 Å². The SMILES string of the molecule is CC(C)(C)OC(=O)CON1C(=O)N2C[C@@H]1C1(CC1)C[C@H]2c1cc(CNC(=O)OC(C)(C)C)on1. The van der Waals surface area contributed by atoms with Crippen LogP contribution in [0.1, 0.15) is 78.3 Å². The van der Waals surface area contributed by atoms with Crippen LogP contribution in [-0.4, -0.2) is 63.6 Å². The van der Waals surface area contributed by atoms with Gasteiger partial charge in [-0.05, 0) is 66.2 Å². The van der Waals surface area contributed by atoms with Crippen LogP contribution in [0.5, 0.6) is 0 Å². The van der Waals surface area contributed by atoms with Gasteiger partial charge in [0.1, 0.15) is 16.9 Å². The minimum atomic E-state index is -0.624. The first-order valence-corrected chi connectivity index (χ1v) is 11.6. The number of fused-ring (bicyclic) bond motifs is 3. The van der Waals surface area contributed by atoms with Crippen LogP contribution in [0.4, 0.5) is 9.59 Å². The first kappa shape index (κ1) is 24.3. The summed E-state index contributed by atoms with van der Waals surface area (Å²) in [6, 6.07) is 1.09. The van der Waals surface area contributed by atoms with E-state index in [1.165, 1.54) is 5.06 Å². The van der Waals surface area contributed by atoms with Gasteiger partial charge in [0.05, 0.1) is 18.6 Å². The monoisotopic (exact) mass is 478 g/mol. The molecule has 3 aliphatic rings. The Balaban J connectivity index is 1.40. The van der Waals surface area contributed by atoms with Gasteiger partial charge >= 0.3 is 18.1 Å². The zero-order valence-electron chi connectivity index (χ0n) is 20.7. The van der Waals surface area contributed by atoms with Gasteiger partial charge in [-0.3, -0.25) is 4.84 Å². The number of ether oxygens (including phenoxy) is 2. The summed E-state index contributed by atoms with van der Waals surface area (Å²) in [7, 11) is 0. The molecule has 4 rings (SSSR count). The van der Waals surface area contributed by atoms with Gasteiger partial charge in [0, 0.05) is 12.6 Å². The third-order valence-electron chi connectivity index (χ3n) is 6.13. The normalized spacial score (nSPS) is 23.3. The molecule has 3 fully saturated rings. The Labute approximate surface area is 199 Å². The highest BCUT2D eigenvalue weighted by Crippen LogP contribution is 2.61. The van der Waals surface area contributed by atoms with E-state index in [0.717, 1.165) is 19.3 Å². The molecule has 1 N–H and O–H groups in total. The molecule has 11 nitrogen and oxygen atoms in total. The van der Waals surface area contributed by atoms with E-state index in [1.807, 2.05) is 0 Å². The summed E-state index contributed by atoms with van der Waals surface area (Å²) in [6.45, 7) is 11.0. The molecular weight excluding hydrogens is 444 g/mol. The summed E-state index contributed by atoms with van der Waals surface area (Å²) in [5.74, 6) is -0.0470. The lowest BCUT2D eigenvalue weighted by atomic mass is 9.84. The Morgan fingerprint density at radius 2 is 1.85 bits per heavy atom. The first-order chi connectivity index (χ1) is 15.8. The van der Waals surface area contributed by atoms with Crippen molar-refractivity contribution in [1.82, 2.24) is 20.4 Å². The molecule has 0 radical (unpaired) electrons. The van der Waals surface area contributed by atoms with E-state index < -0.39 is 23.3 Å².